The monoisotopic (exact) mass is 254 g/mol. The minimum absolute atomic E-state index is 0.237. The van der Waals surface area contributed by atoms with Crippen LogP contribution in [0.2, 0.25) is 0 Å². The van der Waals surface area contributed by atoms with Gasteiger partial charge in [0.1, 0.15) is 11.7 Å². The molecule has 1 aliphatic heterocycles. The Morgan fingerprint density at radius 1 is 1.28 bits per heavy atom. The number of allylic oxidation sites excluding steroid dienone is 1. The minimum atomic E-state index is -0.779. The van der Waals surface area contributed by atoms with Crippen molar-refractivity contribution < 1.29 is 20.1 Å². The summed E-state index contributed by atoms with van der Waals surface area (Å²) in [5.74, 6) is 0.243. The van der Waals surface area contributed by atoms with Crippen molar-refractivity contribution in [2.45, 2.75) is 56.5 Å². The van der Waals surface area contributed by atoms with Crippen LogP contribution in [0.4, 0.5) is 0 Å². The second-order valence-electron chi connectivity index (χ2n) is 6.67. The van der Waals surface area contributed by atoms with E-state index in [0.29, 0.717) is 19.4 Å². The summed E-state index contributed by atoms with van der Waals surface area (Å²) < 4.78 is 5.55. The smallest absolute Gasteiger partial charge is 0.126 e. The van der Waals surface area contributed by atoms with Gasteiger partial charge in [0.15, 0.2) is 0 Å². The van der Waals surface area contributed by atoms with Crippen molar-refractivity contribution in [3.8, 4) is 0 Å². The lowest BCUT2D eigenvalue weighted by Gasteiger charge is -2.40. The molecular weight excluding hydrogens is 232 g/mol. The van der Waals surface area contributed by atoms with Crippen molar-refractivity contribution in [2.24, 2.45) is 11.3 Å². The van der Waals surface area contributed by atoms with Crippen LogP contribution in [-0.4, -0.2) is 45.3 Å². The molecule has 3 rings (SSSR count). The van der Waals surface area contributed by atoms with E-state index in [0.717, 1.165) is 6.42 Å². The van der Waals surface area contributed by atoms with Crippen molar-refractivity contribution in [1.82, 2.24) is 0 Å². The average Bonchev–Trinajstić information content (AvgIpc) is 3.05. The third-order valence-corrected chi connectivity index (χ3v) is 5.36. The topological polar surface area (TPSA) is 73.2 Å². The predicted octanol–water partition coefficient (Wildman–Crippen LogP) is 0.604. The van der Waals surface area contributed by atoms with Crippen LogP contribution in [0.3, 0.4) is 0 Å². The summed E-state index contributed by atoms with van der Waals surface area (Å²) in [5.41, 5.74) is -1.52. The maximum atomic E-state index is 10.1. The number of aliphatic hydroxyl groups is 3. The summed E-state index contributed by atoms with van der Waals surface area (Å²) in [5, 5.41) is 30.0. The van der Waals surface area contributed by atoms with E-state index < -0.39 is 23.4 Å². The Balaban J connectivity index is 1.88. The fraction of sp³-hybridized carbons (Fsp3) is 0.857. The molecule has 0 radical (unpaired) electrons. The molecule has 0 aromatic heterocycles. The SMILES string of the molecule is C[C@@]1(O)C=CC([C@@]2(C)C[C@@H](O)[C@@H](O)[C@@]23CO3)CC1. The molecule has 1 saturated heterocycles. The lowest BCUT2D eigenvalue weighted by Crippen LogP contribution is -2.44. The Morgan fingerprint density at radius 2 is 1.94 bits per heavy atom. The highest BCUT2D eigenvalue weighted by Crippen LogP contribution is 2.61. The molecule has 1 spiro atoms. The minimum Gasteiger partial charge on any atom is -0.390 e. The van der Waals surface area contributed by atoms with Crippen LogP contribution in [0.25, 0.3) is 0 Å². The van der Waals surface area contributed by atoms with Crippen LogP contribution >= 0.6 is 0 Å². The number of ether oxygens (including phenoxy) is 1. The number of epoxide rings is 1. The highest BCUT2D eigenvalue weighted by Gasteiger charge is 2.71. The van der Waals surface area contributed by atoms with E-state index in [1.165, 1.54) is 0 Å². The van der Waals surface area contributed by atoms with Crippen molar-refractivity contribution >= 4 is 0 Å². The number of hydrogen-bond donors (Lipinski definition) is 3. The molecule has 3 aliphatic rings. The standard InChI is InChI=1S/C14H22O4/c1-12(17)5-3-9(4-6-12)13(2)7-10(15)11(16)14(13)8-18-14/h3,5,9-11,15-17H,4,6-8H2,1-2H3/t9?,10-,11-,12-,13-,14+/m1/s1. The first kappa shape index (κ1) is 12.6. The zero-order chi connectivity index (χ0) is 13.2. The zero-order valence-electron chi connectivity index (χ0n) is 11.0. The molecule has 4 nitrogen and oxygen atoms in total. The van der Waals surface area contributed by atoms with Gasteiger partial charge in [-0.15, -0.1) is 0 Å². The van der Waals surface area contributed by atoms with Crippen LogP contribution in [0.5, 0.6) is 0 Å². The molecule has 2 fully saturated rings. The normalized spacial score (nSPS) is 59.3. The second-order valence-corrected chi connectivity index (χ2v) is 6.67. The predicted molar refractivity (Wildman–Crippen MR) is 65.9 cm³/mol. The number of hydrogen-bond acceptors (Lipinski definition) is 4. The van der Waals surface area contributed by atoms with Gasteiger partial charge in [-0.1, -0.05) is 19.1 Å². The molecule has 0 amide bonds. The quantitative estimate of drug-likeness (QED) is 0.473. The molecule has 6 atom stereocenters. The number of aliphatic hydroxyl groups excluding tert-OH is 2. The largest absolute Gasteiger partial charge is 0.390 e. The summed E-state index contributed by atoms with van der Waals surface area (Å²) >= 11 is 0. The summed E-state index contributed by atoms with van der Waals surface area (Å²) in [7, 11) is 0. The lowest BCUT2D eigenvalue weighted by molar-refractivity contribution is -0.0117. The van der Waals surface area contributed by atoms with Gasteiger partial charge >= 0.3 is 0 Å². The van der Waals surface area contributed by atoms with E-state index in [1.54, 1.807) is 0 Å². The summed E-state index contributed by atoms with van der Waals surface area (Å²) in [6, 6.07) is 0. The molecule has 0 aromatic rings. The molecule has 1 unspecified atom stereocenters. The lowest BCUT2D eigenvalue weighted by atomic mass is 9.65. The van der Waals surface area contributed by atoms with Crippen molar-refractivity contribution in [3.05, 3.63) is 12.2 Å². The fourth-order valence-corrected chi connectivity index (χ4v) is 3.89. The molecule has 4 heteroatoms. The third-order valence-electron chi connectivity index (χ3n) is 5.36. The Kier molecular flexibility index (Phi) is 2.50. The maximum absolute atomic E-state index is 10.1. The van der Waals surface area contributed by atoms with E-state index in [-0.39, 0.29) is 11.3 Å². The van der Waals surface area contributed by atoms with Crippen LogP contribution in [0.1, 0.15) is 33.1 Å². The molecule has 1 saturated carbocycles. The zero-order valence-corrected chi connectivity index (χ0v) is 11.0. The van der Waals surface area contributed by atoms with Crippen LogP contribution in [0, 0.1) is 11.3 Å². The maximum Gasteiger partial charge on any atom is 0.126 e. The van der Waals surface area contributed by atoms with Gasteiger partial charge in [0.25, 0.3) is 0 Å². The van der Waals surface area contributed by atoms with Crippen LogP contribution in [-0.2, 0) is 4.74 Å². The van der Waals surface area contributed by atoms with Gasteiger partial charge in [-0.2, -0.15) is 0 Å². The Labute approximate surface area is 107 Å². The Hall–Kier alpha value is -0.420. The van der Waals surface area contributed by atoms with Gasteiger partial charge in [0.05, 0.1) is 18.3 Å². The van der Waals surface area contributed by atoms with E-state index in [4.69, 9.17) is 4.74 Å². The molecular formula is C14H22O4. The molecule has 1 heterocycles. The third kappa shape index (κ3) is 1.53. The first-order valence-electron chi connectivity index (χ1n) is 6.73. The molecule has 2 aliphatic carbocycles. The van der Waals surface area contributed by atoms with Crippen molar-refractivity contribution in [3.63, 3.8) is 0 Å². The van der Waals surface area contributed by atoms with Gasteiger partial charge in [-0.3, -0.25) is 0 Å². The first-order chi connectivity index (χ1) is 8.31. The van der Waals surface area contributed by atoms with Gasteiger partial charge in [-0.05, 0) is 32.1 Å². The number of rotatable bonds is 1. The fourth-order valence-electron chi connectivity index (χ4n) is 3.89. The molecule has 0 bridgehead atoms. The summed E-state index contributed by atoms with van der Waals surface area (Å²) in [4.78, 5) is 0. The second kappa shape index (κ2) is 3.57. The van der Waals surface area contributed by atoms with Crippen molar-refractivity contribution in [1.29, 1.82) is 0 Å². The van der Waals surface area contributed by atoms with E-state index in [1.807, 2.05) is 19.1 Å². The first-order valence-corrected chi connectivity index (χ1v) is 6.73. The summed E-state index contributed by atoms with van der Waals surface area (Å²) in [6.45, 7) is 4.43. The van der Waals surface area contributed by atoms with E-state index >= 15 is 0 Å². The van der Waals surface area contributed by atoms with Crippen LogP contribution < -0.4 is 0 Å². The highest BCUT2D eigenvalue weighted by atomic mass is 16.6. The highest BCUT2D eigenvalue weighted by molar-refractivity contribution is 5.23. The van der Waals surface area contributed by atoms with E-state index in [9.17, 15) is 15.3 Å². The Morgan fingerprint density at radius 3 is 2.44 bits per heavy atom. The molecule has 18 heavy (non-hydrogen) atoms. The van der Waals surface area contributed by atoms with Crippen LogP contribution in [0.15, 0.2) is 12.2 Å². The molecule has 3 N–H and O–H groups in total. The average molecular weight is 254 g/mol. The van der Waals surface area contributed by atoms with Gasteiger partial charge < -0.3 is 20.1 Å². The van der Waals surface area contributed by atoms with Gasteiger partial charge in [0, 0.05) is 5.41 Å². The Bertz CT molecular complexity index is 385. The summed E-state index contributed by atoms with van der Waals surface area (Å²) in [6.07, 6.45) is 4.55. The molecule has 0 aromatic carbocycles. The van der Waals surface area contributed by atoms with Gasteiger partial charge in [-0.25, -0.2) is 0 Å². The van der Waals surface area contributed by atoms with E-state index in [2.05, 4.69) is 6.92 Å². The molecule has 102 valence electrons. The van der Waals surface area contributed by atoms with Gasteiger partial charge in [0.2, 0.25) is 0 Å². The van der Waals surface area contributed by atoms with Crippen molar-refractivity contribution in [2.75, 3.05) is 6.61 Å².